The van der Waals surface area contributed by atoms with Crippen molar-refractivity contribution in [3.63, 3.8) is 0 Å². The van der Waals surface area contributed by atoms with Crippen LogP contribution in [0.25, 0.3) is 0 Å². The van der Waals surface area contributed by atoms with Crippen molar-refractivity contribution in [1.82, 2.24) is 10.2 Å². The lowest BCUT2D eigenvalue weighted by Gasteiger charge is -2.29. The van der Waals surface area contributed by atoms with E-state index < -0.39 is 5.97 Å². The van der Waals surface area contributed by atoms with E-state index in [0.29, 0.717) is 18.5 Å². The molecular formula is C16H30N2O3. The average molecular weight is 298 g/mol. The summed E-state index contributed by atoms with van der Waals surface area (Å²) in [5.41, 5.74) is 0. The summed E-state index contributed by atoms with van der Waals surface area (Å²) in [5.74, 6) is -1.06. The molecule has 0 saturated carbocycles. The monoisotopic (exact) mass is 298 g/mol. The van der Waals surface area contributed by atoms with Crippen molar-refractivity contribution < 1.29 is 14.7 Å². The van der Waals surface area contributed by atoms with Gasteiger partial charge in [0.05, 0.1) is 5.92 Å². The second kappa shape index (κ2) is 8.25. The second-order valence-corrected chi connectivity index (χ2v) is 6.42. The maximum atomic E-state index is 12.4. The lowest BCUT2D eigenvalue weighted by Crippen LogP contribution is -2.48. The Kier molecular flexibility index (Phi) is 6.99. The van der Waals surface area contributed by atoms with Crippen LogP contribution in [-0.2, 0) is 4.79 Å². The van der Waals surface area contributed by atoms with Gasteiger partial charge in [-0.3, -0.25) is 4.79 Å². The minimum Gasteiger partial charge on any atom is -0.481 e. The smallest absolute Gasteiger partial charge is 0.318 e. The summed E-state index contributed by atoms with van der Waals surface area (Å²) in [7, 11) is 0. The van der Waals surface area contributed by atoms with Gasteiger partial charge in [-0.2, -0.15) is 0 Å². The van der Waals surface area contributed by atoms with Gasteiger partial charge < -0.3 is 15.3 Å². The number of likely N-dealkylation sites (tertiary alicyclic amines) is 1. The van der Waals surface area contributed by atoms with Crippen LogP contribution < -0.4 is 5.32 Å². The van der Waals surface area contributed by atoms with Gasteiger partial charge in [0.1, 0.15) is 0 Å². The van der Waals surface area contributed by atoms with Crippen LogP contribution in [0.2, 0.25) is 0 Å². The summed E-state index contributed by atoms with van der Waals surface area (Å²) in [6.45, 7) is 7.95. The first-order valence-electron chi connectivity index (χ1n) is 8.18. The van der Waals surface area contributed by atoms with Crippen LogP contribution >= 0.6 is 0 Å². The van der Waals surface area contributed by atoms with E-state index in [-0.39, 0.29) is 18.0 Å². The zero-order valence-corrected chi connectivity index (χ0v) is 13.8. The Hall–Kier alpha value is -1.26. The molecule has 0 aromatic heterocycles. The molecule has 4 unspecified atom stereocenters. The Balaban J connectivity index is 2.35. The van der Waals surface area contributed by atoms with Crippen LogP contribution in [0, 0.1) is 5.92 Å². The fraction of sp³-hybridized carbons (Fsp3) is 0.875. The highest BCUT2D eigenvalue weighted by atomic mass is 16.4. The van der Waals surface area contributed by atoms with Crippen LogP contribution in [0.3, 0.4) is 0 Å². The minimum absolute atomic E-state index is 0.0330. The molecule has 0 aliphatic carbocycles. The Morgan fingerprint density at radius 1 is 1.29 bits per heavy atom. The van der Waals surface area contributed by atoms with Gasteiger partial charge in [-0.15, -0.1) is 0 Å². The van der Waals surface area contributed by atoms with Crippen LogP contribution in [0.5, 0.6) is 0 Å². The third-order valence-electron chi connectivity index (χ3n) is 4.56. The van der Waals surface area contributed by atoms with Crippen molar-refractivity contribution >= 4 is 12.0 Å². The molecule has 0 bridgehead atoms. The number of amides is 2. The SMILES string of the molecule is CCC1CCC(C)N1C(=O)NC(C)CCCC(C)C(=O)O. The molecular weight excluding hydrogens is 268 g/mol. The number of carbonyl (C=O) groups excluding carboxylic acids is 1. The van der Waals surface area contributed by atoms with Crippen molar-refractivity contribution in [2.45, 2.75) is 84.3 Å². The molecule has 4 atom stereocenters. The largest absolute Gasteiger partial charge is 0.481 e. The topological polar surface area (TPSA) is 69.6 Å². The Labute approximate surface area is 128 Å². The van der Waals surface area contributed by atoms with Gasteiger partial charge in [0.25, 0.3) is 0 Å². The molecule has 1 fully saturated rings. The van der Waals surface area contributed by atoms with E-state index in [4.69, 9.17) is 5.11 Å². The average Bonchev–Trinajstić information content (AvgIpc) is 2.79. The molecule has 2 N–H and O–H groups in total. The number of rotatable bonds is 7. The maximum absolute atomic E-state index is 12.4. The summed E-state index contributed by atoms with van der Waals surface area (Å²) >= 11 is 0. The summed E-state index contributed by atoms with van der Waals surface area (Å²) in [6.07, 6.45) is 5.48. The zero-order valence-electron chi connectivity index (χ0n) is 13.8. The van der Waals surface area contributed by atoms with Gasteiger partial charge >= 0.3 is 12.0 Å². The Morgan fingerprint density at radius 3 is 2.52 bits per heavy atom. The van der Waals surface area contributed by atoms with Gasteiger partial charge in [0.15, 0.2) is 0 Å². The number of carbonyl (C=O) groups is 2. The van der Waals surface area contributed by atoms with E-state index in [9.17, 15) is 9.59 Å². The molecule has 1 aliphatic rings. The lowest BCUT2D eigenvalue weighted by molar-refractivity contribution is -0.141. The minimum atomic E-state index is -0.747. The molecule has 0 aromatic rings. The lowest BCUT2D eigenvalue weighted by atomic mass is 10.0. The Bertz CT molecular complexity index is 359. The molecule has 1 heterocycles. The standard InChI is InChI=1S/C16H30N2O3/c1-5-14-10-9-13(4)18(14)16(21)17-12(3)8-6-7-11(2)15(19)20/h11-14H,5-10H2,1-4H3,(H,17,21)(H,19,20). The highest BCUT2D eigenvalue weighted by molar-refractivity contribution is 5.75. The summed E-state index contributed by atoms with van der Waals surface area (Å²) in [5, 5.41) is 11.9. The molecule has 21 heavy (non-hydrogen) atoms. The van der Waals surface area contributed by atoms with Gasteiger partial charge in [0.2, 0.25) is 0 Å². The normalized spacial score (nSPS) is 24.7. The van der Waals surface area contributed by atoms with Crippen molar-refractivity contribution in [2.24, 2.45) is 5.92 Å². The summed E-state index contributed by atoms with van der Waals surface area (Å²) in [6, 6.07) is 0.794. The predicted octanol–water partition coefficient (Wildman–Crippen LogP) is 3.24. The van der Waals surface area contributed by atoms with E-state index >= 15 is 0 Å². The number of hydrogen-bond donors (Lipinski definition) is 2. The number of nitrogens with one attached hydrogen (secondary N) is 1. The molecule has 122 valence electrons. The van der Waals surface area contributed by atoms with Gasteiger partial charge in [-0.1, -0.05) is 20.3 Å². The maximum Gasteiger partial charge on any atom is 0.318 e. The van der Waals surface area contributed by atoms with E-state index in [1.54, 1.807) is 6.92 Å². The van der Waals surface area contributed by atoms with E-state index in [1.165, 1.54) is 0 Å². The number of carboxylic acids is 1. The molecule has 5 nitrogen and oxygen atoms in total. The number of aliphatic carboxylic acids is 1. The number of carboxylic acid groups (broad SMARTS) is 1. The summed E-state index contributed by atoms with van der Waals surface area (Å²) in [4.78, 5) is 25.1. The first kappa shape index (κ1) is 17.8. The van der Waals surface area contributed by atoms with Gasteiger partial charge in [-0.25, -0.2) is 4.79 Å². The summed E-state index contributed by atoms with van der Waals surface area (Å²) < 4.78 is 0. The highest BCUT2D eigenvalue weighted by Gasteiger charge is 2.33. The fourth-order valence-electron chi connectivity index (χ4n) is 3.05. The van der Waals surface area contributed by atoms with Crippen molar-refractivity contribution in [3.05, 3.63) is 0 Å². The molecule has 1 saturated heterocycles. The van der Waals surface area contributed by atoms with Crippen molar-refractivity contribution in [3.8, 4) is 0 Å². The quantitative estimate of drug-likeness (QED) is 0.758. The third kappa shape index (κ3) is 5.21. The Morgan fingerprint density at radius 2 is 1.95 bits per heavy atom. The van der Waals surface area contributed by atoms with Crippen molar-refractivity contribution in [2.75, 3.05) is 0 Å². The molecule has 2 amide bonds. The zero-order chi connectivity index (χ0) is 16.0. The molecule has 0 radical (unpaired) electrons. The van der Waals surface area contributed by atoms with Gasteiger partial charge in [-0.05, 0) is 46.0 Å². The van der Waals surface area contributed by atoms with Crippen molar-refractivity contribution in [1.29, 1.82) is 0 Å². The predicted molar refractivity (Wildman–Crippen MR) is 83.3 cm³/mol. The first-order valence-corrected chi connectivity index (χ1v) is 8.18. The molecule has 0 spiro atoms. The van der Waals surface area contributed by atoms with E-state index in [2.05, 4.69) is 19.2 Å². The van der Waals surface area contributed by atoms with Crippen LogP contribution in [0.1, 0.15) is 66.2 Å². The van der Waals surface area contributed by atoms with E-state index in [0.717, 1.165) is 32.1 Å². The van der Waals surface area contributed by atoms with E-state index in [1.807, 2.05) is 11.8 Å². The molecule has 5 heteroatoms. The number of nitrogens with zero attached hydrogens (tertiary/aromatic N) is 1. The molecule has 1 aliphatic heterocycles. The van der Waals surface area contributed by atoms with Crippen LogP contribution in [0.4, 0.5) is 4.79 Å². The first-order chi connectivity index (χ1) is 9.86. The number of hydrogen-bond acceptors (Lipinski definition) is 2. The molecule has 0 aromatic carbocycles. The van der Waals surface area contributed by atoms with Gasteiger partial charge in [0, 0.05) is 18.1 Å². The highest BCUT2D eigenvalue weighted by Crippen LogP contribution is 2.26. The number of urea groups is 1. The molecule has 1 rings (SSSR count). The van der Waals surface area contributed by atoms with Crippen LogP contribution in [-0.4, -0.2) is 40.1 Å². The fourth-order valence-corrected chi connectivity index (χ4v) is 3.05. The third-order valence-corrected chi connectivity index (χ3v) is 4.56. The second-order valence-electron chi connectivity index (χ2n) is 6.42. The van der Waals surface area contributed by atoms with Crippen LogP contribution in [0.15, 0.2) is 0 Å².